The number of benzene rings is 1. The van der Waals surface area contributed by atoms with Crippen molar-refractivity contribution in [3.63, 3.8) is 0 Å². The number of carbonyl (C=O) groups is 1. The monoisotopic (exact) mass is 394 g/mol. The molecule has 0 unspecified atom stereocenters. The number of nitrogens with zero attached hydrogens (tertiary/aromatic N) is 3. The lowest BCUT2D eigenvalue weighted by Crippen LogP contribution is -2.57. The van der Waals surface area contributed by atoms with E-state index >= 15 is 0 Å². The molecule has 1 amide bonds. The molecule has 0 radical (unpaired) electrons. The fourth-order valence-corrected chi connectivity index (χ4v) is 3.02. The van der Waals surface area contributed by atoms with Crippen LogP contribution in [0.4, 0.5) is 14.6 Å². The van der Waals surface area contributed by atoms with Gasteiger partial charge in [0.15, 0.2) is 5.82 Å². The fraction of sp³-hybridized carbons (Fsp3) is 0.235. The highest BCUT2D eigenvalue weighted by atomic mass is 32.2. The molecule has 1 fully saturated rings. The number of sulfonamides is 1. The second-order valence-electron chi connectivity index (χ2n) is 5.99. The summed E-state index contributed by atoms with van der Waals surface area (Å²) in [6, 6.07) is 4.89. The van der Waals surface area contributed by atoms with E-state index in [1.807, 2.05) is 0 Å². The Morgan fingerprint density at radius 2 is 2.04 bits per heavy atom. The average molecular weight is 394 g/mol. The Morgan fingerprint density at radius 1 is 1.37 bits per heavy atom. The third kappa shape index (κ3) is 3.80. The minimum atomic E-state index is -4.00. The Morgan fingerprint density at radius 3 is 2.59 bits per heavy atom. The van der Waals surface area contributed by atoms with E-state index in [9.17, 15) is 22.0 Å². The van der Waals surface area contributed by atoms with Crippen LogP contribution in [0.3, 0.4) is 0 Å². The third-order valence-electron chi connectivity index (χ3n) is 4.22. The topological polar surface area (TPSA) is 92.3 Å². The van der Waals surface area contributed by atoms with Gasteiger partial charge in [-0.3, -0.25) is 4.79 Å². The Balaban J connectivity index is 2.04. The van der Waals surface area contributed by atoms with Crippen LogP contribution in [-0.2, 0) is 10.0 Å². The van der Waals surface area contributed by atoms with Gasteiger partial charge in [-0.25, -0.2) is 31.9 Å². The molecule has 0 saturated carbocycles. The molecule has 2 aromatic rings. The summed E-state index contributed by atoms with van der Waals surface area (Å²) in [6.45, 7) is 4.90. The lowest BCUT2D eigenvalue weighted by Gasteiger charge is -2.43. The van der Waals surface area contributed by atoms with Gasteiger partial charge in [-0.2, -0.15) is 0 Å². The second kappa shape index (κ2) is 7.03. The first-order valence-corrected chi connectivity index (χ1v) is 9.50. The standard InChI is InChI=1S/C17H16F2N4O3S/c1-3-27(25,26)22-17(24)14-8-20-16(23-9-13(19)10(23)2)15(21-14)11-4-6-12(18)7-5-11/h3-8,10,13H,1,9H2,2H3,(H,22,24)/t10-,13+/m1/s1. The largest absolute Gasteiger partial charge is 0.346 e. The molecular formula is C17H16F2N4O3S. The molecule has 3 rings (SSSR count). The number of halogens is 2. The van der Waals surface area contributed by atoms with Crippen LogP contribution in [0, 0.1) is 5.82 Å². The number of alkyl halides is 1. The number of amides is 1. The van der Waals surface area contributed by atoms with E-state index in [0.717, 1.165) is 6.20 Å². The summed E-state index contributed by atoms with van der Waals surface area (Å²) < 4.78 is 51.6. The zero-order valence-electron chi connectivity index (χ0n) is 14.3. The van der Waals surface area contributed by atoms with Gasteiger partial charge in [0.1, 0.15) is 23.4 Å². The average Bonchev–Trinajstić information content (AvgIpc) is 2.65. The highest BCUT2D eigenvalue weighted by Crippen LogP contribution is 2.34. The smallest absolute Gasteiger partial charge is 0.285 e. The van der Waals surface area contributed by atoms with Gasteiger partial charge in [0, 0.05) is 11.0 Å². The van der Waals surface area contributed by atoms with Crippen LogP contribution < -0.4 is 9.62 Å². The van der Waals surface area contributed by atoms with Crippen LogP contribution >= 0.6 is 0 Å². The first kappa shape index (κ1) is 18.9. The normalized spacial score (nSPS) is 19.3. The van der Waals surface area contributed by atoms with Crippen LogP contribution in [-0.4, -0.2) is 43.1 Å². The number of carbonyl (C=O) groups excluding carboxylic acids is 1. The molecule has 142 valence electrons. The van der Waals surface area contributed by atoms with Gasteiger partial charge < -0.3 is 4.90 Å². The highest BCUT2D eigenvalue weighted by Gasteiger charge is 2.38. The second-order valence-corrected chi connectivity index (χ2v) is 7.61. The van der Waals surface area contributed by atoms with E-state index in [2.05, 4.69) is 16.5 Å². The van der Waals surface area contributed by atoms with Crippen LogP contribution in [0.1, 0.15) is 17.4 Å². The van der Waals surface area contributed by atoms with Gasteiger partial charge >= 0.3 is 0 Å². The summed E-state index contributed by atoms with van der Waals surface area (Å²) in [4.78, 5) is 22.2. The summed E-state index contributed by atoms with van der Waals surface area (Å²) >= 11 is 0. The maximum absolute atomic E-state index is 13.6. The molecule has 0 spiro atoms. The van der Waals surface area contributed by atoms with E-state index < -0.39 is 34.0 Å². The molecular weight excluding hydrogens is 378 g/mol. The van der Waals surface area contributed by atoms with Crippen molar-refractivity contribution in [1.29, 1.82) is 0 Å². The van der Waals surface area contributed by atoms with Crippen molar-refractivity contribution in [3.05, 3.63) is 54.0 Å². The van der Waals surface area contributed by atoms with Crippen molar-refractivity contribution in [3.8, 4) is 11.3 Å². The minimum absolute atomic E-state index is 0.112. The van der Waals surface area contributed by atoms with Gasteiger partial charge in [-0.05, 0) is 31.2 Å². The van der Waals surface area contributed by atoms with Crippen molar-refractivity contribution in [2.45, 2.75) is 19.1 Å². The van der Waals surface area contributed by atoms with E-state index in [1.165, 1.54) is 24.3 Å². The zero-order valence-corrected chi connectivity index (χ0v) is 15.1. The van der Waals surface area contributed by atoms with Crippen molar-refractivity contribution < 1.29 is 22.0 Å². The summed E-state index contributed by atoms with van der Waals surface area (Å²) in [5.74, 6) is -1.12. The number of rotatable bonds is 5. The molecule has 10 heteroatoms. The Hall–Kier alpha value is -2.88. The highest BCUT2D eigenvalue weighted by molar-refractivity contribution is 7.92. The minimum Gasteiger partial charge on any atom is -0.346 e. The summed E-state index contributed by atoms with van der Waals surface area (Å²) in [7, 11) is -4.00. The Kier molecular flexibility index (Phi) is 4.92. The molecule has 1 aliphatic rings. The van der Waals surface area contributed by atoms with Gasteiger partial charge in [0.2, 0.25) is 0 Å². The number of hydrogen-bond acceptors (Lipinski definition) is 6. The van der Waals surface area contributed by atoms with E-state index in [0.29, 0.717) is 16.8 Å². The lowest BCUT2D eigenvalue weighted by atomic mass is 10.0. The SMILES string of the molecule is C=CS(=O)(=O)NC(=O)c1cnc(N2C[C@H](F)[C@H]2C)c(-c2ccc(F)cc2)n1. The van der Waals surface area contributed by atoms with E-state index in [1.54, 1.807) is 16.5 Å². The van der Waals surface area contributed by atoms with Crippen LogP contribution in [0.2, 0.25) is 0 Å². The number of anilines is 1. The van der Waals surface area contributed by atoms with Crippen LogP contribution in [0.5, 0.6) is 0 Å². The molecule has 7 nitrogen and oxygen atoms in total. The Bertz CT molecular complexity index is 996. The molecule has 2 atom stereocenters. The molecule has 0 bridgehead atoms. The molecule has 1 aliphatic heterocycles. The molecule has 1 aromatic heterocycles. The summed E-state index contributed by atoms with van der Waals surface area (Å²) in [5, 5.41) is 0.594. The molecule has 1 aromatic carbocycles. The number of nitrogens with one attached hydrogen (secondary N) is 1. The van der Waals surface area contributed by atoms with Gasteiger partial charge in [0.05, 0.1) is 18.8 Å². The van der Waals surface area contributed by atoms with Crippen molar-refractivity contribution in [1.82, 2.24) is 14.7 Å². The van der Waals surface area contributed by atoms with Gasteiger partial charge in [0.25, 0.3) is 15.9 Å². The predicted molar refractivity (Wildman–Crippen MR) is 95.7 cm³/mol. The summed E-state index contributed by atoms with van der Waals surface area (Å²) in [6.07, 6.45) is 0.0859. The molecule has 1 N–H and O–H groups in total. The van der Waals surface area contributed by atoms with E-state index in [4.69, 9.17) is 0 Å². The lowest BCUT2D eigenvalue weighted by molar-refractivity contribution is 0.0976. The zero-order chi connectivity index (χ0) is 19.8. The van der Waals surface area contributed by atoms with Crippen molar-refractivity contribution in [2.24, 2.45) is 0 Å². The maximum Gasteiger partial charge on any atom is 0.285 e. The molecule has 2 heterocycles. The molecule has 1 saturated heterocycles. The number of aromatic nitrogens is 2. The van der Waals surface area contributed by atoms with Crippen molar-refractivity contribution in [2.75, 3.05) is 11.4 Å². The van der Waals surface area contributed by atoms with Gasteiger partial charge in [-0.1, -0.05) is 6.58 Å². The molecule has 0 aliphatic carbocycles. The molecule has 27 heavy (non-hydrogen) atoms. The van der Waals surface area contributed by atoms with E-state index in [-0.39, 0.29) is 17.9 Å². The fourth-order valence-electron chi connectivity index (χ4n) is 2.57. The van der Waals surface area contributed by atoms with Crippen molar-refractivity contribution >= 4 is 21.7 Å². The van der Waals surface area contributed by atoms with Crippen LogP contribution in [0.25, 0.3) is 11.3 Å². The first-order chi connectivity index (χ1) is 12.7. The predicted octanol–water partition coefficient (Wildman–Crippen LogP) is 2.03. The third-order valence-corrected chi connectivity index (χ3v) is 5.12. The van der Waals surface area contributed by atoms with Crippen LogP contribution in [0.15, 0.2) is 42.4 Å². The number of hydrogen-bond donors (Lipinski definition) is 1. The summed E-state index contributed by atoms with van der Waals surface area (Å²) in [5.41, 5.74) is 0.417. The Labute approximate surface area is 154 Å². The first-order valence-electron chi connectivity index (χ1n) is 7.95. The quantitative estimate of drug-likeness (QED) is 0.834. The van der Waals surface area contributed by atoms with Gasteiger partial charge in [-0.15, -0.1) is 0 Å². The maximum atomic E-state index is 13.6.